The summed E-state index contributed by atoms with van der Waals surface area (Å²) in [5.74, 6) is -2.66. The molecule has 3 atom stereocenters. The first-order valence-electron chi connectivity index (χ1n) is 6.78. The van der Waals surface area contributed by atoms with Crippen molar-refractivity contribution in [3.63, 3.8) is 0 Å². The molecule has 1 rings (SSSR count). The van der Waals surface area contributed by atoms with E-state index in [-0.39, 0.29) is 12.8 Å². The molecule has 1 aromatic rings. The van der Waals surface area contributed by atoms with Crippen LogP contribution in [-0.2, 0) is 18.7 Å². The highest BCUT2D eigenvalue weighted by Gasteiger charge is 2.37. The van der Waals surface area contributed by atoms with E-state index in [4.69, 9.17) is 14.7 Å². The zero-order chi connectivity index (χ0) is 16.8. The highest BCUT2D eigenvalue weighted by atomic mass is 31.2. The van der Waals surface area contributed by atoms with Crippen molar-refractivity contribution in [1.29, 1.82) is 0 Å². The second kappa shape index (κ2) is 8.08. The van der Waals surface area contributed by atoms with Crippen LogP contribution in [0.2, 0.25) is 0 Å². The smallest absolute Gasteiger partial charge is 0.336 e. The lowest BCUT2D eigenvalue weighted by molar-refractivity contribution is -0.146. The maximum absolute atomic E-state index is 12.4. The molecule has 3 N–H and O–H groups in total. The van der Waals surface area contributed by atoms with Crippen molar-refractivity contribution in [3.05, 3.63) is 35.9 Å². The van der Waals surface area contributed by atoms with E-state index in [0.29, 0.717) is 5.56 Å². The fourth-order valence-electron chi connectivity index (χ4n) is 2.06. The molecule has 7 nitrogen and oxygen atoms in total. The summed E-state index contributed by atoms with van der Waals surface area (Å²) in [6.07, 6.45) is -2.19. The highest BCUT2D eigenvalue weighted by Crippen LogP contribution is 2.59. The number of aliphatic carboxylic acids is 2. The van der Waals surface area contributed by atoms with Crippen LogP contribution in [0.3, 0.4) is 0 Å². The van der Waals surface area contributed by atoms with E-state index in [1.807, 2.05) is 0 Å². The number of hydrogen-bond acceptors (Lipinski definition) is 4. The van der Waals surface area contributed by atoms with Crippen molar-refractivity contribution in [2.75, 3.05) is 0 Å². The van der Waals surface area contributed by atoms with Crippen LogP contribution in [0.25, 0.3) is 0 Å². The maximum atomic E-state index is 12.4. The fourth-order valence-corrected chi connectivity index (χ4v) is 3.78. The van der Waals surface area contributed by atoms with Gasteiger partial charge in [-0.2, -0.15) is 0 Å². The van der Waals surface area contributed by atoms with Crippen LogP contribution in [0.5, 0.6) is 0 Å². The van der Waals surface area contributed by atoms with E-state index in [2.05, 4.69) is 0 Å². The van der Waals surface area contributed by atoms with Crippen molar-refractivity contribution in [3.8, 4) is 0 Å². The lowest BCUT2D eigenvalue weighted by atomic mass is 10.1. The number of carboxylic acid groups (broad SMARTS) is 2. The first-order valence-corrected chi connectivity index (χ1v) is 8.43. The molecule has 0 aliphatic carbocycles. The fraction of sp³-hybridized carbons (Fsp3) is 0.429. The second-order valence-electron chi connectivity index (χ2n) is 4.76. The van der Waals surface area contributed by atoms with Crippen LogP contribution in [0.4, 0.5) is 0 Å². The summed E-state index contributed by atoms with van der Waals surface area (Å²) in [5.41, 5.74) is -0.293. The Morgan fingerprint density at radius 3 is 2.27 bits per heavy atom. The van der Waals surface area contributed by atoms with Gasteiger partial charge in [0.05, 0.1) is 5.66 Å². The minimum absolute atomic E-state index is 0.281. The van der Waals surface area contributed by atoms with E-state index in [1.165, 1.54) is 0 Å². The Balaban J connectivity index is 2.92. The number of carboxylic acids is 2. The zero-order valence-corrected chi connectivity index (χ0v) is 13.0. The Kier molecular flexibility index (Phi) is 6.74. The molecule has 22 heavy (non-hydrogen) atoms. The van der Waals surface area contributed by atoms with Crippen molar-refractivity contribution >= 4 is 19.5 Å². The van der Waals surface area contributed by atoms with Crippen LogP contribution in [-0.4, -0.2) is 33.1 Å². The largest absolute Gasteiger partial charge is 0.481 e. The number of hydrogen-bond donors (Lipinski definition) is 3. The van der Waals surface area contributed by atoms with Crippen LogP contribution in [0.15, 0.2) is 30.3 Å². The van der Waals surface area contributed by atoms with Crippen molar-refractivity contribution in [2.24, 2.45) is 0 Å². The standard InChI is InChI=1S/C14H19O7P/c1-2-12(10-6-4-3-5-7-10)22(19,20)21-11(14(17)18)8-9-13(15)16/h3-7,11-12H,2,8-9H2,1H3,(H,15,16)(H,17,18)(H,19,20). The predicted octanol–water partition coefficient (Wildman–Crippen LogP) is 2.66. The van der Waals surface area contributed by atoms with Gasteiger partial charge in [0.1, 0.15) is 0 Å². The minimum atomic E-state index is -4.27. The minimum Gasteiger partial charge on any atom is -0.481 e. The van der Waals surface area contributed by atoms with Crippen molar-refractivity contribution in [2.45, 2.75) is 37.9 Å². The molecule has 0 radical (unpaired) electrons. The summed E-state index contributed by atoms with van der Waals surface area (Å²) >= 11 is 0. The van der Waals surface area contributed by atoms with E-state index in [9.17, 15) is 19.0 Å². The van der Waals surface area contributed by atoms with Crippen LogP contribution in [0.1, 0.15) is 37.4 Å². The van der Waals surface area contributed by atoms with E-state index in [0.717, 1.165) is 0 Å². The zero-order valence-electron chi connectivity index (χ0n) is 12.1. The van der Waals surface area contributed by atoms with Crippen LogP contribution >= 0.6 is 7.60 Å². The normalized spacial score (nSPS) is 16.5. The Hall–Kier alpha value is -1.69. The summed E-state index contributed by atoms with van der Waals surface area (Å²) < 4.78 is 17.3. The molecule has 0 saturated carbocycles. The van der Waals surface area contributed by atoms with Crippen LogP contribution < -0.4 is 0 Å². The SMILES string of the molecule is CCC(c1ccccc1)P(=O)(O)OC(CCC(=O)O)C(=O)O. The van der Waals surface area contributed by atoms with Gasteiger partial charge in [0.2, 0.25) is 0 Å². The summed E-state index contributed by atoms with van der Waals surface area (Å²) in [5, 5.41) is 17.6. The van der Waals surface area contributed by atoms with Gasteiger partial charge in [-0.25, -0.2) is 4.79 Å². The topological polar surface area (TPSA) is 121 Å². The van der Waals surface area contributed by atoms with Gasteiger partial charge in [-0.15, -0.1) is 0 Å². The molecule has 0 aliphatic heterocycles. The third kappa shape index (κ3) is 5.26. The highest BCUT2D eigenvalue weighted by molar-refractivity contribution is 7.53. The van der Waals surface area contributed by atoms with Gasteiger partial charge in [-0.3, -0.25) is 13.9 Å². The molecular formula is C14H19O7P. The molecule has 0 fully saturated rings. The molecule has 0 bridgehead atoms. The Bertz CT molecular complexity index is 558. The van der Waals surface area contributed by atoms with E-state index in [1.54, 1.807) is 37.3 Å². The average Bonchev–Trinajstić information content (AvgIpc) is 2.44. The third-order valence-corrected chi connectivity index (χ3v) is 5.15. The molecule has 1 aromatic carbocycles. The molecule has 8 heteroatoms. The molecule has 0 heterocycles. The molecule has 122 valence electrons. The van der Waals surface area contributed by atoms with Gasteiger partial charge in [0, 0.05) is 6.42 Å². The number of benzene rings is 1. The first kappa shape index (κ1) is 18.4. The van der Waals surface area contributed by atoms with Gasteiger partial charge in [-0.05, 0) is 18.4 Å². The third-order valence-electron chi connectivity index (χ3n) is 3.14. The summed E-state index contributed by atoms with van der Waals surface area (Å²) in [6.45, 7) is 1.69. The van der Waals surface area contributed by atoms with Crippen molar-refractivity contribution < 1.29 is 33.8 Å². The van der Waals surface area contributed by atoms with Gasteiger partial charge in [0.15, 0.2) is 6.10 Å². The summed E-state index contributed by atoms with van der Waals surface area (Å²) in [6, 6.07) is 8.49. The maximum Gasteiger partial charge on any atom is 0.336 e. The molecule has 0 spiro atoms. The van der Waals surface area contributed by atoms with Gasteiger partial charge in [0.25, 0.3) is 0 Å². The number of carbonyl (C=O) groups is 2. The number of rotatable bonds is 9. The van der Waals surface area contributed by atoms with Gasteiger partial charge in [-0.1, -0.05) is 37.3 Å². The Morgan fingerprint density at radius 1 is 1.23 bits per heavy atom. The molecular weight excluding hydrogens is 311 g/mol. The average molecular weight is 330 g/mol. The first-order chi connectivity index (χ1) is 10.3. The predicted molar refractivity (Wildman–Crippen MR) is 78.7 cm³/mol. The van der Waals surface area contributed by atoms with Gasteiger partial charge < -0.3 is 15.1 Å². The summed E-state index contributed by atoms with van der Waals surface area (Å²) in [7, 11) is -4.27. The quantitative estimate of drug-likeness (QED) is 0.595. The lowest BCUT2D eigenvalue weighted by Crippen LogP contribution is -2.24. The molecule has 3 unspecified atom stereocenters. The van der Waals surface area contributed by atoms with Gasteiger partial charge >= 0.3 is 19.5 Å². The van der Waals surface area contributed by atoms with Crippen LogP contribution in [0, 0.1) is 0 Å². The van der Waals surface area contributed by atoms with Crippen molar-refractivity contribution in [1.82, 2.24) is 0 Å². The molecule has 0 saturated heterocycles. The lowest BCUT2D eigenvalue weighted by Gasteiger charge is -2.24. The second-order valence-corrected chi connectivity index (χ2v) is 6.73. The monoisotopic (exact) mass is 330 g/mol. The Labute approximate surface area is 128 Å². The molecule has 0 amide bonds. The van der Waals surface area contributed by atoms with E-state index >= 15 is 0 Å². The Morgan fingerprint density at radius 2 is 1.82 bits per heavy atom. The van der Waals surface area contributed by atoms with E-state index < -0.39 is 37.7 Å². The molecule has 0 aromatic heterocycles. The molecule has 0 aliphatic rings. The summed E-state index contributed by atoms with van der Waals surface area (Å²) in [4.78, 5) is 31.7.